The Labute approximate surface area is 123 Å². The lowest BCUT2D eigenvalue weighted by Crippen LogP contribution is -2.45. The van der Waals surface area contributed by atoms with Crippen LogP contribution in [0, 0.1) is 5.92 Å². The number of hydrogen-bond acceptors (Lipinski definition) is 5. The highest BCUT2D eigenvalue weighted by Gasteiger charge is 2.50. The molecular formula is C16H20O5. The minimum absolute atomic E-state index is 0.296. The first-order valence-electron chi connectivity index (χ1n) is 7.11. The summed E-state index contributed by atoms with van der Waals surface area (Å²) < 4.78 is 16.8. The van der Waals surface area contributed by atoms with Crippen LogP contribution in [-0.2, 0) is 22.5 Å². The molecule has 2 heterocycles. The fourth-order valence-corrected chi connectivity index (χ4v) is 2.82. The largest absolute Gasteiger partial charge is 0.453 e. The van der Waals surface area contributed by atoms with Gasteiger partial charge >= 0.3 is 0 Å². The van der Waals surface area contributed by atoms with Gasteiger partial charge in [-0.2, -0.15) is 0 Å². The minimum Gasteiger partial charge on any atom is -0.453 e. The number of ether oxygens (including phenoxy) is 3. The highest BCUT2D eigenvalue weighted by molar-refractivity contribution is 6.07. The molecule has 2 atom stereocenters. The van der Waals surface area contributed by atoms with Crippen molar-refractivity contribution in [2.24, 2.45) is 5.92 Å². The SMILES string of the molecule is CO[C@@]1(C)Cc2ccc3c(c2CO1)O[C@](O)(C(C)C)C3=O. The van der Waals surface area contributed by atoms with Gasteiger partial charge in [0.1, 0.15) is 5.75 Å². The summed E-state index contributed by atoms with van der Waals surface area (Å²) in [6.45, 7) is 5.69. The van der Waals surface area contributed by atoms with Crippen LogP contribution in [0.1, 0.15) is 42.3 Å². The van der Waals surface area contributed by atoms with Crippen LogP contribution in [-0.4, -0.2) is 29.6 Å². The molecule has 2 aliphatic heterocycles. The van der Waals surface area contributed by atoms with Crippen molar-refractivity contribution in [1.82, 2.24) is 0 Å². The Morgan fingerprint density at radius 2 is 2.10 bits per heavy atom. The Balaban J connectivity index is 2.05. The van der Waals surface area contributed by atoms with Crippen molar-refractivity contribution in [1.29, 1.82) is 0 Å². The maximum Gasteiger partial charge on any atom is 0.275 e. The van der Waals surface area contributed by atoms with Gasteiger partial charge in [-0.15, -0.1) is 0 Å². The lowest BCUT2D eigenvalue weighted by atomic mass is 9.92. The first-order valence-corrected chi connectivity index (χ1v) is 7.11. The topological polar surface area (TPSA) is 65.0 Å². The van der Waals surface area contributed by atoms with Crippen molar-refractivity contribution in [2.45, 2.75) is 45.4 Å². The fourth-order valence-electron chi connectivity index (χ4n) is 2.82. The molecule has 0 aromatic heterocycles. The lowest BCUT2D eigenvalue weighted by molar-refractivity contribution is -0.223. The van der Waals surface area contributed by atoms with Crippen LogP contribution in [0.2, 0.25) is 0 Å². The van der Waals surface area contributed by atoms with Crippen molar-refractivity contribution in [3.63, 3.8) is 0 Å². The van der Waals surface area contributed by atoms with Gasteiger partial charge in [-0.3, -0.25) is 4.79 Å². The Morgan fingerprint density at radius 1 is 1.38 bits per heavy atom. The van der Waals surface area contributed by atoms with Gasteiger partial charge in [0, 0.05) is 25.0 Å². The Bertz CT molecular complexity index is 609. The number of benzene rings is 1. The number of fused-ring (bicyclic) bond motifs is 3. The van der Waals surface area contributed by atoms with Gasteiger partial charge in [0.15, 0.2) is 5.79 Å². The third-order valence-corrected chi connectivity index (χ3v) is 4.43. The van der Waals surface area contributed by atoms with Gasteiger partial charge in [-0.1, -0.05) is 19.9 Å². The van der Waals surface area contributed by atoms with Gasteiger partial charge in [0.25, 0.3) is 5.79 Å². The zero-order valence-corrected chi connectivity index (χ0v) is 12.7. The first kappa shape index (κ1) is 14.5. The van der Waals surface area contributed by atoms with Crippen LogP contribution in [0.3, 0.4) is 0 Å². The van der Waals surface area contributed by atoms with E-state index in [2.05, 4.69) is 0 Å². The van der Waals surface area contributed by atoms with Crippen LogP contribution in [0.4, 0.5) is 0 Å². The summed E-state index contributed by atoms with van der Waals surface area (Å²) in [7, 11) is 1.61. The second kappa shape index (κ2) is 4.53. The molecule has 0 saturated heterocycles. The molecule has 0 fully saturated rings. The van der Waals surface area contributed by atoms with Crippen LogP contribution >= 0.6 is 0 Å². The van der Waals surface area contributed by atoms with Crippen molar-refractivity contribution in [2.75, 3.05) is 7.11 Å². The average molecular weight is 292 g/mol. The Hall–Kier alpha value is -1.43. The molecule has 0 unspecified atom stereocenters. The van der Waals surface area contributed by atoms with E-state index in [1.54, 1.807) is 27.0 Å². The van der Waals surface area contributed by atoms with E-state index in [0.29, 0.717) is 24.3 Å². The molecule has 0 amide bonds. The third kappa shape index (κ3) is 1.99. The zero-order chi connectivity index (χ0) is 15.4. The summed E-state index contributed by atoms with van der Waals surface area (Å²) in [4.78, 5) is 12.4. The summed E-state index contributed by atoms with van der Waals surface area (Å²) in [5.74, 6) is -2.71. The van der Waals surface area contributed by atoms with Crippen LogP contribution in [0.5, 0.6) is 5.75 Å². The average Bonchev–Trinajstić information content (AvgIpc) is 2.72. The minimum atomic E-state index is -1.78. The second-order valence-corrected chi connectivity index (χ2v) is 6.17. The second-order valence-electron chi connectivity index (χ2n) is 6.17. The fraction of sp³-hybridized carbons (Fsp3) is 0.562. The molecule has 0 saturated carbocycles. The van der Waals surface area contributed by atoms with Crippen molar-refractivity contribution < 1.29 is 24.1 Å². The first-order chi connectivity index (χ1) is 9.81. The van der Waals surface area contributed by atoms with E-state index in [-0.39, 0.29) is 11.7 Å². The predicted molar refractivity (Wildman–Crippen MR) is 75.1 cm³/mol. The van der Waals surface area contributed by atoms with Crippen LogP contribution < -0.4 is 4.74 Å². The number of ketones is 1. The molecule has 114 valence electrons. The molecular weight excluding hydrogens is 272 g/mol. The number of carbonyl (C=O) groups excluding carboxylic acids is 1. The molecule has 1 aromatic rings. The zero-order valence-electron chi connectivity index (χ0n) is 12.7. The molecule has 3 rings (SSSR count). The molecule has 0 spiro atoms. The van der Waals surface area contributed by atoms with Crippen molar-refractivity contribution in [3.05, 3.63) is 28.8 Å². The van der Waals surface area contributed by atoms with Crippen molar-refractivity contribution in [3.8, 4) is 5.75 Å². The number of methoxy groups -OCH3 is 1. The van der Waals surface area contributed by atoms with Crippen LogP contribution in [0.15, 0.2) is 12.1 Å². The van der Waals surface area contributed by atoms with E-state index in [0.717, 1.165) is 11.1 Å². The van der Waals surface area contributed by atoms with Gasteiger partial charge in [0.2, 0.25) is 5.78 Å². The van der Waals surface area contributed by atoms with Crippen molar-refractivity contribution >= 4 is 5.78 Å². The number of Topliss-reactive ketones (excluding diaryl/α,β-unsaturated/α-hetero) is 1. The van der Waals surface area contributed by atoms with Gasteiger partial charge in [0.05, 0.1) is 12.2 Å². The van der Waals surface area contributed by atoms with E-state index >= 15 is 0 Å². The molecule has 0 radical (unpaired) electrons. The molecule has 0 aliphatic carbocycles. The normalized spacial score (nSPS) is 31.0. The molecule has 21 heavy (non-hydrogen) atoms. The monoisotopic (exact) mass is 292 g/mol. The summed E-state index contributed by atoms with van der Waals surface area (Å²) in [6, 6.07) is 3.61. The predicted octanol–water partition coefficient (Wildman–Crippen LogP) is 2.04. The molecule has 5 heteroatoms. The molecule has 5 nitrogen and oxygen atoms in total. The van der Waals surface area contributed by atoms with Gasteiger partial charge < -0.3 is 19.3 Å². The molecule has 1 aromatic carbocycles. The van der Waals surface area contributed by atoms with E-state index in [1.807, 2.05) is 13.0 Å². The highest BCUT2D eigenvalue weighted by atomic mass is 16.7. The number of hydrogen-bond donors (Lipinski definition) is 1. The lowest BCUT2D eigenvalue weighted by Gasteiger charge is -2.34. The highest BCUT2D eigenvalue weighted by Crippen LogP contribution is 2.44. The quantitative estimate of drug-likeness (QED) is 0.903. The summed E-state index contributed by atoms with van der Waals surface area (Å²) in [6.07, 6.45) is 0.573. The van der Waals surface area contributed by atoms with Crippen LogP contribution in [0.25, 0.3) is 0 Å². The summed E-state index contributed by atoms with van der Waals surface area (Å²) >= 11 is 0. The molecule has 2 aliphatic rings. The molecule has 1 N–H and O–H groups in total. The smallest absolute Gasteiger partial charge is 0.275 e. The summed E-state index contributed by atoms with van der Waals surface area (Å²) in [5, 5.41) is 10.5. The van der Waals surface area contributed by atoms with E-state index in [1.165, 1.54) is 0 Å². The Morgan fingerprint density at radius 3 is 2.71 bits per heavy atom. The summed E-state index contributed by atoms with van der Waals surface area (Å²) in [5.41, 5.74) is 2.27. The number of rotatable bonds is 2. The van der Waals surface area contributed by atoms with Gasteiger partial charge in [-0.25, -0.2) is 0 Å². The Kier molecular flexibility index (Phi) is 3.13. The third-order valence-electron chi connectivity index (χ3n) is 4.43. The number of carbonyl (C=O) groups is 1. The van der Waals surface area contributed by atoms with E-state index < -0.39 is 11.6 Å². The van der Waals surface area contributed by atoms with E-state index in [4.69, 9.17) is 14.2 Å². The standard InChI is InChI=1S/C16H20O5/c1-9(2)16(18)14(17)11-6-5-10-7-15(3,19-4)20-8-12(10)13(11)21-16/h5-6,9,18H,7-8H2,1-4H3/t15-,16-/m1/s1. The van der Waals surface area contributed by atoms with Gasteiger partial charge in [-0.05, 0) is 18.6 Å². The molecule has 0 bridgehead atoms. The number of aliphatic hydroxyl groups is 1. The maximum atomic E-state index is 12.4. The maximum absolute atomic E-state index is 12.4. The van der Waals surface area contributed by atoms with E-state index in [9.17, 15) is 9.90 Å².